The third-order valence-electron chi connectivity index (χ3n) is 2.91. The molecule has 1 aromatic heterocycles. The van der Waals surface area contributed by atoms with Crippen molar-refractivity contribution in [2.75, 3.05) is 0 Å². The van der Waals surface area contributed by atoms with Crippen LogP contribution in [-0.4, -0.2) is 0 Å². The molecule has 1 aromatic carbocycles. The van der Waals surface area contributed by atoms with Crippen LogP contribution in [0.1, 0.15) is 18.1 Å². The minimum absolute atomic E-state index is 0.853. The molecule has 2 aromatic rings. The number of thiophene rings is 1. The Hall–Kier alpha value is -0.820. The molecule has 0 radical (unpaired) electrons. The SMILES string of the molecule is C[C@H]1Cc2cc3ccsc3cc2C1. The van der Waals surface area contributed by atoms with Crippen LogP contribution < -0.4 is 0 Å². The first kappa shape index (κ1) is 7.57. The van der Waals surface area contributed by atoms with Crippen molar-refractivity contribution < 1.29 is 0 Å². The number of fused-ring (bicyclic) bond motifs is 2. The molecule has 0 nitrogen and oxygen atoms in total. The van der Waals surface area contributed by atoms with Gasteiger partial charge in [-0.1, -0.05) is 13.0 Å². The summed E-state index contributed by atoms with van der Waals surface area (Å²) in [6, 6.07) is 6.99. The van der Waals surface area contributed by atoms with Crippen molar-refractivity contribution in [1.82, 2.24) is 0 Å². The van der Waals surface area contributed by atoms with Crippen LogP contribution in [0.3, 0.4) is 0 Å². The van der Waals surface area contributed by atoms with Crippen molar-refractivity contribution in [3.05, 3.63) is 34.7 Å². The fraction of sp³-hybridized carbons (Fsp3) is 0.333. The van der Waals surface area contributed by atoms with Crippen molar-refractivity contribution in [2.45, 2.75) is 19.8 Å². The highest BCUT2D eigenvalue weighted by molar-refractivity contribution is 7.17. The van der Waals surface area contributed by atoms with Crippen molar-refractivity contribution in [2.24, 2.45) is 5.92 Å². The van der Waals surface area contributed by atoms with E-state index in [4.69, 9.17) is 0 Å². The van der Waals surface area contributed by atoms with E-state index in [1.54, 1.807) is 11.1 Å². The lowest BCUT2D eigenvalue weighted by Crippen LogP contribution is -1.89. The van der Waals surface area contributed by atoms with Crippen molar-refractivity contribution >= 4 is 21.4 Å². The van der Waals surface area contributed by atoms with E-state index in [0.29, 0.717) is 0 Å². The first-order valence-electron chi connectivity index (χ1n) is 4.82. The Morgan fingerprint density at radius 2 is 2.00 bits per heavy atom. The van der Waals surface area contributed by atoms with Gasteiger partial charge in [-0.15, -0.1) is 11.3 Å². The summed E-state index contributed by atoms with van der Waals surface area (Å²) in [7, 11) is 0. The standard InChI is InChI=1S/C12H12S/c1-8-4-10-6-9-2-3-13-12(9)7-11(10)5-8/h2-3,6-8H,4-5H2,1H3/t8-/m0/s1. The molecule has 1 aliphatic rings. The van der Waals surface area contributed by atoms with Gasteiger partial charge in [0.05, 0.1) is 0 Å². The highest BCUT2D eigenvalue weighted by Crippen LogP contribution is 2.32. The van der Waals surface area contributed by atoms with Crippen LogP contribution in [0.4, 0.5) is 0 Å². The third kappa shape index (κ3) is 1.11. The molecule has 0 saturated carbocycles. The van der Waals surface area contributed by atoms with Crippen LogP contribution in [-0.2, 0) is 12.8 Å². The van der Waals surface area contributed by atoms with E-state index < -0.39 is 0 Å². The second kappa shape index (κ2) is 2.58. The zero-order valence-electron chi connectivity index (χ0n) is 7.71. The van der Waals surface area contributed by atoms with Gasteiger partial charge < -0.3 is 0 Å². The number of rotatable bonds is 0. The monoisotopic (exact) mass is 188 g/mol. The Bertz CT molecular complexity index is 413. The largest absolute Gasteiger partial charge is 0.144 e. The van der Waals surface area contributed by atoms with Crippen LogP contribution >= 0.6 is 11.3 Å². The zero-order valence-corrected chi connectivity index (χ0v) is 8.53. The Morgan fingerprint density at radius 3 is 2.85 bits per heavy atom. The van der Waals surface area contributed by atoms with E-state index in [0.717, 1.165) is 5.92 Å². The Balaban J connectivity index is 2.27. The summed E-state index contributed by atoms with van der Waals surface area (Å²) in [5.41, 5.74) is 3.17. The second-order valence-corrected chi connectivity index (χ2v) is 5.04. The molecule has 0 spiro atoms. The van der Waals surface area contributed by atoms with Gasteiger partial charge in [0.15, 0.2) is 0 Å². The number of hydrogen-bond donors (Lipinski definition) is 0. The van der Waals surface area contributed by atoms with Gasteiger partial charge >= 0.3 is 0 Å². The number of hydrogen-bond acceptors (Lipinski definition) is 1. The maximum absolute atomic E-state index is 2.39. The molecule has 13 heavy (non-hydrogen) atoms. The molecule has 0 N–H and O–H groups in total. The van der Waals surface area contributed by atoms with E-state index in [2.05, 4.69) is 30.5 Å². The van der Waals surface area contributed by atoms with Crippen LogP contribution in [0.2, 0.25) is 0 Å². The smallest absolute Gasteiger partial charge is 0.0345 e. The van der Waals surface area contributed by atoms with Crippen LogP contribution in [0.25, 0.3) is 10.1 Å². The first-order valence-corrected chi connectivity index (χ1v) is 5.70. The molecule has 3 rings (SSSR count). The summed E-state index contributed by atoms with van der Waals surface area (Å²) in [5, 5.41) is 3.61. The molecular formula is C12H12S. The predicted octanol–water partition coefficient (Wildman–Crippen LogP) is 3.64. The van der Waals surface area contributed by atoms with Crippen LogP contribution in [0.5, 0.6) is 0 Å². The molecule has 0 bridgehead atoms. The molecule has 0 fully saturated rings. The fourth-order valence-corrected chi connectivity index (χ4v) is 3.14. The number of benzene rings is 1. The van der Waals surface area contributed by atoms with Gasteiger partial charge in [0, 0.05) is 4.70 Å². The molecular weight excluding hydrogens is 176 g/mol. The van der Waals surface area contributed by atoms with Gasteiger partial charge in [-0.25, -0.2) is 0 Å². The summed E-state index contributed by atoms with van der Waals surface area (Å²) in [6.07, 6.45) is 2.56. The Kier molecular flexibility index (Phi) is 1.50. The fourth-order valence-electron chi connectivity index (χ4n) is 2.30. The summed E-state index contributed by atoms with van der Waals surface area (Å²) >= 11 is 1.85. The third-order valence-corrected chi connectivity index (χ3v) is 3.79. The maximum Gasteiger partial charge on any atom is 0.0345 e. The first-order chi connectivity index (χ1) is 6.33. The minimum atomic E-state index is 0.853. The molecule has 1 heterocycles. The van der Waals surface area contributed by atoms with Gasteiger partial charge in [0.2, 0.25) is 0 Å². The molecule has 0 amide bonds. The van der Waals surface area contributed by atoms with Gasteiger partial charge in [0.25, 0.3) is 0 Å². The van der Waals surface area contributed by atoms with E-state index in [9.17, 15) is 0 Å². The second-order valence-electron chi connectivity index (χ2n) is 4.09. The van der Waals surface area contributed by atoms with E-state index >= 15 is 0 Å². The minimum Gasteiger partial charge on any atom is -0.144 e. The van der Waals surface area contributed by atoms with Crippen LogP contribution in [0.15, 0.2) is 23.6 Å². The molecule has 0 unspecified atom stereocenters. The predicted molar refractivity (Wildman–Crippen MR) is 58.4 cm³/mol. The summed E-state index contributed by atoms with van der Waals surface area (Å²) < 4.78 is 1.45. The maximum atomic E-state index is 2.39. The normalized spacial score (nSPS) is 20.8. The average molecular weight is 188 g/mol. The topological polar surface area (TPSA) is 0 Å². The summed E-state index contributed by atoms with van der Waals surface area (Å²) in [4.78, 5) is 0. The Morgan fingerprint density at radius 1 is 1.23 bits per heavy atom. The highest BCUT2D eigenvalue weighted by Gasteiger charge is 2.17. The molecule has 0 aliphatic heterocycles. The van der Waals surface area contributed by atoms with Crippen molar-refractivity contribution in [3.63, 3.8) is 0 Å². The molecule has 0 saturated heterocycles. The van der Waals surface area contributed by atoms with Gasteiger partial charge in [-0.3, -0.25) is 0 Å². The molecule has 66 valence electrons. The lowest BCUT2D eigenvalue weighted by molar-refractivity contribution is 0.628. The summed E-state index contributed by atoms with van der Waals surface area (Å²) in [6.45, 7) is 2.34. The van der Waals surface area contributed by atoms with E-state index in [-0.39, 0.29) is 0 Å². The molecule has 1 heteroatoms. The van der Waals surface area contributed by atoms with Gasteiger partial charge in [-0.05, 0) is 52.8 Å². The van der Waals surface area contributed by atoms with Crippen molar-refractivity contribution in [3.8, 4) is 0 Å². The van der Waals surface area contributed by atoms with E-state index in [1.807, 2.05) is 11.3 Å². The van der Waals surface area contributed by atoms with Crippen LogP contribution in [0, 0.1) is 5.92 Å². The molecule has 1 aliphatic carbocycles. The van der Waals surface area contributed by atoms with E-state index in [1.165, 1.54) is 22.9 Å². The average Bonchev–Trinajstić information content (AvgIpc) is 2.63. The van der Waals surface area contributed by atoms with Gasteiger partial charge in [0.1, 0.15) is 0 Å². The summed E-state index contributed by atoms with van der Waals surface area (Å²) in [5.74, 6) is 0.853. The molecule has 1 atom stereocenters. The van der Waals surface area contributed by atoms with Gasteiger partial charge in [-0.2, -0.15) is 0 Å². The lowest BCUT2D eigenvalue weighted by atomic mass is 10.1. The lowest BCUT2D eigenvalue weighted by Gasteiger charge is -1.97. The highest BCUT2D eigenvalue weighted by atomic mass is 32.1. The van der Waals surface area contributed by atoms with Crippen molar-refractivity contribution in [1.29, 1.82) is 0 Å². The zero-order chi connectivity index (χ0) is 8.84. The Labute approximate surface area is 82.2 Å². The quantitative estimate of drug-likeness (QED) is 0.592.